The van der Waals surface area contributed by atoms with Crippen molar-refractivity contribution in [1.29, 1.82) is 0 Å². The van der Waals surface area contributed by atoms with Crippen LogP contribution in [0.4, 0.5) is 11.8 Å². The highest BCUT2D eigenvalue weighted by Gasteiger charge is 2.19. The average molecular weight is 345 g/mol. The molecule has 0 radical (unpaired) electrons. The highest BCUT2D eigenvalue weighted by molar-refractivity contribution is 6.38. The van der Waals surface area contributed by atoms with Gasteiger partial charge in [0.05, 0.1) is 13.2 Å². The van der Waals surface area contributed by atoms with Gasteiger partial charge in [-0.25, -0.2) is 14.6 Å². The lowest BCUT2D eigenvalue weighted by Crippen LogP contribution is -2.27. The third-order valence-corrected chi connectivity index (χ3v) is 2.28. The molecule has 0 aliphatic carbocycles. The van der Waals surface area contributed by atoms with Crippen molar-refractivity contribution in [2.24, 2.45) is 0 Å². The van der Waals surface area contributed by atoms with Crippen LogP contribution in [-0.2, 0) is 28.7 Å². The molecule has 0 fully saturated rings. The lowest BCUT2D eigenvalue weighted by Gasteiger charge is -2.07. The summed E-state index contributed by atoms with van der Waals surface area (Å²) in [4.78, 5) is 52.8. The molecule has 1 aromatic heterocycles. The van der Waals surface area contributed by atoms with Gasteiger partial charge in [0.1, 0.15) is 11.0 Å². The number of carbonyl (C=O) groups excluding carboxylic acids is 4. The van der Waals surface area contributed by atoms with Crippen molar-refractivity contribution < 1.29 is 28.7 Å². The summed E-state index contributed by atoms with van der Waals surface area (Å²) in [5.74, 6) is -4.95. The number of esters is 2. The molecular formula is C12H13ClN4O6. The largest absolute Gasteiger partial charge is 0.459 e. The molecule has 0 saturated carbocycles. The van der Waals surface area contributed by atoms with Gasteiger partial charge in [0.15, 0.2) is 0 Å². The minimum atomic E-state index is -1.13. The second-order valence-electron chi connectivity index (χ2n) is 3.75. The Bertz CT molecular complexity index is 586. The maximum Gasteiger partial charge on any atom is 0.397 e. The number of rotatable bonds is 4. The Kier molecular flexibility index (Phi) is 6.87. The first kappa shape index (κ1) is 18.3. The topological polar surface area (TPSA) is 137 Å². The number of carbonyl (C=O) groups is 4. The van der Waals surface area contributed by atoms with Crippen LogP contribution < -0.4 is 10.6 Å². The van der Waals surface area contributed by atoms with Crippen LogP contribution in [0.1, 0.15) is 13.8 Å². The predicted octanol–water partition coefficient (Wildman–Crippen LogP) is 0.133. The first-order valence-electron chi connectivity index (χ1n) is 6.38. The highest BCUT2D eigenvalue weighted by Crippen LogP contribution is 2.14. The molecule has 0 unspecified atom stereocenters. The maximum absolute atomic E-state index is 11.5. The van der Waals surface area contributed by atoms with Gasteiger partial charge in [0.25, 0.3) is 0 Å². The Hall–Kier alpha value is -2.75. The van der Waals surface area contributed by atoms with Gasteiger partial charge in [-0.1, -0.05) is 11.6 Å². The van der Waals surface area contributed by atoms with Crippen LogP contribution >= 0.6 is 11.6 Å². The summed E-state index contributed by atoms with van der Waals surface area (Å²) in [5, 5.41) is 4.03. The average Bonchev–Trinajstić information content (AvgIpc) is 2.46. The molecular weight excluding hydrogens is 332 g/mol. The molecule has 0 saturated heterocycles. The smallest absolute Gasteiger partial charge is 0.397 e. The van der Waals surface area contributed by atoms with Gasteiger partial charge in [0, 0.05) is 6.07 Å². The summed E-state index contributed by atoms with van der Waals surface area (Å²) in [6.45, 7) is 3.11. The summed E-state index contributed by atoms with van der Waals surface area (Å²) in [5.41, 5.74) is 0. The molecule has 1 heterocycles. The number of aromatic nitrogens is 2. The second-order valence-corrected chi connectivity index (χ2v) is 4.14. The Morgan fingerprint density at radius 3 is 2.04 bits per heavy atom. The molecule has 0 aliphatic heterocycles. The Morgan fingerprint density at radius 1 is 1.00 bits per heavy atom. The van der Waals surface area contributed by atoms with Crippen LogP contribution in [0.25, 0.3) is 0 Å². The molecule has 23 heavy (non-hydrogen) atoms. The van der Waals surface area contributed by atoms with Crippen LogP contribution in [0.3, 0.4) is 0 Å². The van der Waals surface area contributed by atoms with E-state index in [1.165, 1.54) is 13.8 Å². The number of ether oxygens (including phenoxy) is 2. The zero-order valence-electron chi connectivity index (χ0n) is 12.2. The lowest BCUT2D eigenvalue weighted by atomic mass is 10.5. The van der Waals surface area contributed by atoms with Crippen molar-refractivity contribution in [3.05, 3.63) is 11.2 Å². The Balaban J connectivity index is 2.83. The van der Waals surface area contributed by atoms with E-state index >= 15 is 0 Å². The molecule has 0 atom stereocenters. The third kappa shape index (κ3) is 5.87. The predicted molar refractivity (Wildman–Crippen MR) is 77.6 cm³/mol. The summed E-state index contributed by atoms with van der Waals surface area (Å²) in [6.07, 6.45) is 0. The number of amides is 2. The number of hydrogen-bond acceptors (Lipinski definition) is 8. The zero-order valence-corrected chi connectivity index (χ0v) is 13.0. The number of nitrogens with one attached hydrogen (secondary N) is 2. The van der Waals surface area contributed by atoms with E-state index in [1.54, 1.807) is 0 Å². The SMILES string of the molecule is CCOC(=O)C(=O)Nc1cc(Cl)nc(NC(=O)C(=O)OCC)n1. The van der Waals surface area contributed by atoms with E-state index in [0.717, 1.165) is 6.07 Å². The minimum absolute atomic E-state index is 0.0174. The minimum Gasteiger partial charge on any atom is -0.459 e. The summed E-state index contributed by atoms with van der Waals surface area (Å²) >= 11 is 5.71. The Morgan fingerprint density at radius 2 is 1.52 bits per heavy atom. The van der Waals surface area contributed by atoms with E-state index < -0.39 is 23.8 Å². The molecule has 0 aromatic carbocycles. The molecule has 0 spiro atoms. The van der Waals surface area contributed by atoms with Crippen LogP contribution in [0.15, 0.2) is 6.07 Å². The molecule has 10 nitrogen and oxygen atoms in total. The van der Waals surface area contributed by atoms with E-state index in [0.29, 0.717) is 0 Å². The summed E-state index contributed by atoms with van der Waals surface area (Å²) in [7, 11) is 0. The maximum atomic E-state index is 11.5. The van der Waals surface area contributed by atoms with Crippen molar-refractivity contribution in [3.8, 4) is 0 Å². The van der Waals surface area contributed by atoms with E-state index in [4.69, 9.17) is 11.6 Å². The normalized spacial score (nSPS) is 9.70. The first-order valence-corrected chi connectivity index (χ1v) is 6.76. The number of hydrogen-bond donors (Lipinski definition) is 2. The van der Waals surface area contributed by atoms with Crippen LogP contribution in [0, 0.1) is 0 Å². The number of anilines is 2. The van der Waals surface area contributed by atoms with Gasteiger partial charge < -0.3 is 14.8 Å². The van der Waals surface area contributed by atoms with Crippen LogP contribution in [0.5, 0.6) is 0 Å². The van der Waals surface area contributed by atoms with Crippen LogP contribution in [-0.4, -0.2) is 46.9 Å². The first-order chi connectivity index (χ1) is 10.9. The van der Waals surface area contributed by atoms with Crippen molar-refractivity contribution in [3.63, 3.8) is 0 Å². The van der Waals surface area contributed by atoms with Gasteiger partial charge in [-0.05, 0) is 13.8 Å². The molecule has 2 amide bonds. The van der Waals surface area contributed by atoms with Crippen molar-refractivity contribution in [1.82, 2.24) is 9.97 Å². The molecule has 2 N–H and O–H groups in total. The van der Waals surface area contributed by atoms with Gasteiger partial charge in [0.2, 0.25) is 5.95 Å². The van der Waals surface area contributed by atoms with Crippen molar-refractivity contribution in [2.75, 3.05) is 23.8 Å². The highest BCUT2D eigenvalue weighted by atomic mass is 35.5. The lowest BCUT2D eigenvalue weighted by molar-refractivity contribution is -0.152. The molecule has 11 heteroatoms. The fraction of sp³-hybridized carbons (Fsp3) is 0.333. The van der Waals surface area contributed by atoms with Crippen molar-refractivity contribution in [2.45, 2.75) is 13.8 Å². The number of halogens is 1. The molecule has 1 aromatic rings. The molecule has 0 aliphatic rings. The fourth-order valence-electron chi connectivity index (χ4n) is 1.25. The van der Waals surface area contributed by atoms with Crippen LogP contribution in [0.2, 0.25) is 5.15 Å². The monoisotopic (exact) mass is 344 g/mol. The van der Waals surface area contributed by atoms with E-state index in [2.05, 4.69) is 24.8 Å². The number of nitrogens with zero attached hydrogens (tertiary/aromatic N) is 2. The van der Waals surface area contributed by atoms with E-state index in [9.17, 15) is 19.2 Å². The molecule has 124 valence electrons. The molecule has 1 rings (SSSR count). The van der Waals surface area contributed by atoms with Gasteiger partial charge in [-0.15, -0.1) is 0 Å². The molecule has 0 bridgehead atoms. The Labute approximate surface area is 135 Å². The standard InChI is InChI=1S/C12H13ClN4O6/c1-3-22-10(20)8(18)15-7-5-6(13)14-12(16-7)17-9(19)11(21)23-4-2/h5H,3-4H2,1-2H3,(H2,14,15,16,17,18,19). The van der Waals surface area contributed by atoms with Gasteiger partial charge in [-0.3, -0.25) is 14.9 Å². The summed E-state index contributed by atoms with van der Waals surface area (Å²) in [6, 6.07) is 1.14. The summed E-state index contributed by atoms with van der Waals surface area (Å²) < 4.78 is 8.99. The third-order valence-electron chi connectivity index (χ3n) is 2.08. The zero-order chi connectivity index (χ0) is 17.4. The quantitative estimate of drug-likeness (QED) is 0.447. The van der Waals surface area contributed by atoms with Gasteiger partial charge >= 0.3 is 23.8 Å². The van der Waals surface area contributed by atoms with Crippen molar-refractivity contribution >= 4 is 47.1 Å². The fourth-order valence-corrected chi connectivity index (χ4v) is 1.43. The van der Waals surface area contributed by atoms with E-state index in [1.807, 2.05) is 5.32 Å². The van der Waals surface area contributed by atoms with Gasteiger partial charge in [-0.2, -0.15) is 4.98 Å². The second kappa shape index (κ2) is 8.63. The van der Waals surface area contributed by atoms with E-state index in [-0.39, 0.29) is 30.1 Å².